The maximum Gasteiger partial charge on any atom is 0.119 e. The fraction of sp³-hybridized carbons (Fsp3) is 0.400. The van der Waals surface area contributed by atoms with Crippen LogP contribution in [0, 0.1) is 0 Å². The number of hydrogen-bond donors (Lipinski definition) is 1. The van der Waals surface area contributed by atoms with Crippen LogP contribution in [0.5, 0.6) is 5.75 Å². The van der Waals surface area contributed by atoms with Crippen molar-refractivity contribution >= 4 is 0 Å². The second-order valence-electron chi connectivity index (χ2n) is 4.96. The first-order valence-corrected chi connectivity index (χ1v) is 6.75. The lowest BCUT2D eigenvalue weighted by Crippen LogP contribution is -2.23. The molecule has 1 aromatic carbocycles. The van der Waals surface area contributed by atoms with Gasteiger partial charge in [0, 0.05) is 38.4 Å². The van der Waals surface area contributed by atoms with Crippen molar-refractivity contribution in [3.63, 3.8) is 0 Å². The van der Waals surface area contributed by atoms with Crippen LogP contribution in [0.25, 0.3) is 0 Å². The molecule has 1 heterocycles. The molecule has 1 aromatic heterocycles. The van der Waals surface area contributed by atoms with Gasteiger partial charge in [-0.05, 0) is 24.7 Å². The van der Waals surface area contributed by atoms with Crippen LogP contribution >= 0.6 is 0 Å². The van der Waals surface area contributed by atoms with Gasteiger partial charge in [-0.15, -0.1) is 0 Å². The molecule has 5 nitrogen and oxygen atoms in total. The summed E-state index contributed by atoms with van der Waals surface area (Å²) in [6.45, 7) is 2.98. The molecule has 2 aromatic rings. The van der Waals surface area contributed by atoms with Crippen molar-refractivity contribution in [1.29, 1.82) is 0 Å². The van der Waals surface area contributed by atoms with Crippen LogP contribution in [-0.2, 0) is 20.1 Å². The number of hydrogen-bond acceptors (Lipinski definition) is 4. The normalized spacial score (nSPS) is 11.0. The zero-order chi connectivity index (χ0) is 14.4. The van der Waals surface area contributed by atoms with Gasteiger partial charge in [0.2, 0.25) is 0 Å². The van der Waals surface area contributed by atoms with Gasteiger partial charge in [-0.3, -0.25) is 9.58 Å². The molecular formula is C15H22N4O. The van der Waals surface area contributed by atoms with Crippen molar-refractivity contribution in [2.75, 3.05) is 20.2 Å². The van der Waals surface area contributed by atoms with Crippen molar-refractivity contribution in [1.82, 2.24) is 14.7 Å². The van der Waals surface area contributed by atoms with E-state index in [1.807, 2.05) is 48.4 Å². The number of ether oxygens (including phenoxy) is 1. The van der Waals surface area contributed by atoms with E-state index in [1.54, 1.807) is 0 Å². The Morgan fingerprint density at radius 1 is 1.25 bits per heavy atom. The number of aromatic nitrogens is 2. The fourth-order valence-corrected chi connectivity index (χ4v) is 1.99. The smallest absolute Gasteiger partial charge is 0.119 e. The van der Waals surface area contributed by atoms with E-state index in [0.29, 0.717) is 13.2 Å². The zero-order valence-corrected chi connectivity index (χ0v) is 12.1. The summed E-state index contributed by atoms with van der Waals surface area (Å²) in [6.07, 6.45) is 3.92. The van der Waals surface area contributed by atoms with E-state index >= 15 is 0 Å². The Morgan fingerprint density at radius 3 is 2.60 bits per heavy atom. The average Bonchev–Trinajstić information content (AvgIpc) is 2.85. The molecule has 0 radical (unpaired) electrons. The molecule has 2 N–H and O–H groups in total. The summed E-state index contributed by atoms with van der Waals surface area (Å²) in [5, 5.41) is 4.16. The summed E-state index contributed by atoms with van der Waals surface area (Å²) in [5.74, 6) is 0.886. The molecule has 0 saturated carbocycles. The highest BCUT2D eigenvalue weighted by molar-refractivity contribution is 5.27. The summed E-state index contributed by atoms with van der Waals surface area (Å²) >= 11 is 0. The number of benzene rings is 1. The van der Waals surface area contributed by atoms with E-state index in [9.17, 15) is 0 Å². The third kappa shape index (κ3) is 4.36. The highest BCUT2D eigenvalue weighted by Gasteiger charge is 2.03. The lowest BCUT2D eigenvalue weighted by Gasteiger charge is -2.16. The molecule has 0 bridgehead atoms. The summed E-state index contributed by atoms with van der Waals surface area (Å²) in [7, 11) is 4.01. The van der Waals surface area contributed by atoms with Crippen molar-refractivity contribution < 1.29 is 4.74 Å². The molecule has 5 heteroatoms. The van der Waals surface area contributed by atoms with Crippen LogP contribution in [0.3, 0.4) is 0 Å². The SMILES string of the molecule is CN(CCOc1ccc(CN)cc1)Cc1cnn(C)c1. The lowest BCUT2D eigenvalue weighted by atomic mass is 10.2. The molecule has 0 amide bonds. The highest BCUT2D eigenvalue weighted by Crippen LogP contribution is 2.11. The van der Waals surface area contributed by atoms with Crippen LogP contribution in [0.15, 0.2) is 36.7 Å². The molecule has 0 spiro atoms. The summed E-state index contributed by atoms with van der Waals surface area (Å²) in [6, 6.07) is 7.91. The van der Waals surface area contributed by atoms with Crippen LogP contribution in [0.4, 0.5) is 0 Å². The Morgan fingerprint density at radius 2 is 2.00 bits per heavy atom. The second kappa shape index (κ2) is 7.07. The minimum atomic E-state index is 0.564. The van der Waals surface area contributed by atoms with Gasteiger partial charge < -0.3 is 10.5 Å². The zero-order valence-electron chi connectivity index (χ0n) is 12.1. The molecule has 0 aliphatic carbocycles. The van der Waals surface area contributed by atoms with Crippen molar-refractivity contribution in [3.8, 4) is 5.75 Å². The number of nitrogens with two attached hydrogens (primary N) is 1. The summed E-state index contributed by atoms with van der Waals surface area (Å²) < 4.78 is 7.53. The largest absolute Gasteiger partial charge is 0.492 e. The third-order valence-electron chi connectivity index (χ3n) is 3.11. The van der Waals surface area contributed by atoms with E-state index in [0.717, 1.165) is 24.4 Å². The number of likely N-dealkylation sites (N-methyl/N-ethyl adjacent to an activating group) is 1. The predicted molar refractivity (Wildman–Crippen MR) is 79.4 cm³/mol. The molecule has 0 fully saturated rings. The molecular weight excluding hydrogens is 252 g/mol. The van der Waals surface area contributed by atoms with Gasteiger partial charge in [0.15, 0.2) is 0 Å². The maximum absolute atomic E-state index is 5.72. The van der Waals surface area contributed by atoms with Gasteiger partial charge in [-0.25, -0.2) is 0 Å². The first-order chi connectivity index (χ1) is 9.67. The van der Waals surface area contributed by atoms with E-state index < -0.39 is 0 Å². The first kappa shape index (κ1) is 14.6. The quantitative estimate of drug-likeness (QED) is 0.829. The number of rotatable bonds is 7. The van der Waals surface area contributed by atoms with E-state index in [2.05, 4.69) is 17.0 Å². The van der Waals surface area contributed by atoms with Crippen LogP contribution in [0.2, 0.25) is 0 Å². The highest BCUT2D eigenvalue weighted by atomic mass is 16.5. The van der Waals surface area contributed by atoms with Crippen LogP contribution in [-0.4, -0.2) is 34.9 Å². The minimum absolute atomic E-state index is 0.564. The van der Waals surface area contributed by atoms with Gasteiger partial charge >= 0.3 is 0 Å². The maximum atomic E-state index is 5.72. The van der Waals surface area contributed by atoms with Gasteiger partial charge in [0.1, 0.15) is 12.4 Å². The lowest BCUT2D eigenvalue weighted by molar-refractivity contribution is 0.233. The molecule has 0 aliphatic heterocycles. The Labute approximate surface area is 119 Å². The standard InChI is InChI=1S/C15H22N4O/c1-18(11-14-10-17-19(2)12-14)7-8-20-15-5-3-13(9-16)4-6-15/h3-6,10,12H,7-9,11,16H2,1-2H3. The topological polar surface area (TPSA) is 56.3 Å². The predicted octanol–water partition coefficient (Wildman–Crippen LogP) is 1.39. The van der Waals surface area contributed by atoms with Crippen molar-refractivity contribution in [3.05, 3.63) is 47.8 Å². The number of nitrogens with zero attached hydrogens (tertiary/aromatic N) is 3. The molecule has 0 aliphatic rings. The Hall–Kier alpha value is -1.85. The van der Waals surface area contributed by atoms with Crippen LogP contribution in [0.1, 0.15) is 11.1 Å². The third-order valence-corrected chi connectivity index (χ3v) is 3.11. The Kier molecular flexibility index (Phi) is 5.15. The van der Waals surface area contributed by atoms with Gasteiger partial charge in [-0.2, -0.15) is 5.10 Å². The van der Waals surface area contributed by atoms with Gasteiger partial charge in [-0.1, -0.05) is 12.1 Å². The van der Waals surface area contributed by atoms with E-state index in [-0.39, 0.29) is 0 Å². The molecule has 0 saturated heterocycles. The molecule has 2 rings (SSSR count). The molecule has 0 unspecified atom stereocenters. The van der Waals surface area contributed by atoms with Gasteiger partial charge in [0.25, 0.3) is 0 Å². The summed E-state index contributed by atoms with van der Waals surface area (Å²) in [4.78, 5) is 2.21. The monoisotopic (exact) mass is 274 g/mol. The number of aryl methyl sites for hydroxylation is 1. The fourth-order valence-electron chi connectivity index (χ4n) is 1.99. The minimum Gasteiger partial charge on any atom is -0.492 e. The van der Waals surface area contributed by atoms with Crippen LogP contribution < -0.4 is 10.5 Å². The molecule has 108 valence electrons. The molecule has 20 heavy (non-hydrogen) atoms. The summed E-state index contributed by atoms with van der Waals surface area (Å²) in [5.41, 5.74) is 7.89. The van der Waals surface area contributed by atoms with E-state index in [4.69, 9.17) is 10.5 Å². The first-order valence-electron chi connectivity index (χ1n) is 6.75. The van der Waals surface area contributed by atoms with Crippen molar-refractivity contribution in [2.45, 2.75) is 13.1 Å². The molecule has 0 atom stereocenters. The Balaban J connectivity index is 1.71. The van der Waals surface area contributed by atoms with Gasteiger partial charge in [0.05, 0.1) is 6.20 Å². The Bertz CT molecular complexity index is 521. The van der Waals surface area contributed by atoms with E-state index in [1.165, 1.54) is 5.56 Å². The van der Waals surface area contributed by atoms with Crippen molar-refractivity contribution in [2.24, 2.45) is 12.8 Å². The second-order valence-corrected chi connectivity index (χ2v) is 4.96. The average molecular weight is 274 g/mol.